The highest BCUT2D eigenvalue weighted by molar-refractivity contribution is 5.21. The molecular weight excluding hydrogens is 199 g/mol. The van der Waals surface area contributed by atoms with E-state index in [9.17, 15) is 4.39 Å². The van der Waals surface area contributed by atoms with Crippen LogP contribution in [0.3, 0.4) is 0 Å². The van der Waals surface area contributed by atoms with E-state index in [1.807, 2.05) is 31.2 Å². The summed E-state index contributed by atoms with van der Waals surface area (Å²) < 4.78 is 12.6. The van der Waals surface area contributed by atoms with Gasteiger partial charge < -0.3 is 0 Å². The first-order chi connectivity index (χ1) is 7.59. The zero-order valence-electron chi connectivity index (χ0n) is 10.00. The van der Waals surface area contributed by atoms with Crippen LogP contribution in [0.25, 0.3) is 0 Å². The van der Waals surface area contributed by atoms with E-state index in [1.165, 1.54) is 11.6 Å². The van der Waals surface area contributed by atoms with Gasteiger partial charge >= 0.3 is 0 Å². The monoisotopic (exact) mass is 216 g/mol. The van der Waals surface area contributed by atoms with Crippen molar-refractivity contribution in [2.75, 3.05) is 0 Å². The van der Waals surface area contributed by atoms with Gasteiger partial charge in [-0.1, -0.05) is 48.0 Å². The van der Waals surface area contributed by atoms with Crippen molar-refractivity contribution in [2.24, 2.45) is 0 Å². The van der Waals surface area contributed by atoms with Crippen LogP contribution in [0.5, 0.6) is 0 Å². The van der Waals surface area contributed by atoms with Crippen LogP contribution in [0.4, 0.5) is 4.39 Å². The molecule has 2 aromatic rings. The van der Waals surface area contributed by atoms with Crippen molar-refractivity contribution in [1.82, 2.24) is 0 Å². The third-order valence-electron chi connectivity index (χ3n) is 2.27. The Morgan fingerprint density at radius 2 is 1.38 bits per heavy atom. The van der Waals surface area contributed by atoms with Crippen molar-refractivity contribution in [2.45, 2.75) is 20.8 Å². The predicted molar refractivity (Wildman–Crippen MR) is 67.1 cm³/mol. The fourth-order valence-electron chi connectivity index (χ4n) is 1.23. The molecule has 0 fully saturated rings. The van der Waals surface area contributed by atoms with Crippen molar-refractivity contribution < 1.29 is 4.39 Å². The van der Waals surface area contributed by atoms with Crippen molar-refractivity contribution in [3.63, 3.8) is 0 Å². The predicted octanol–water partition coefficient (Wildman–Crippen LogP) is 4.44. The summed E-state index contributed by atoms with van der Waals surface area (Å²) >= 11 is 0. The lowest BCUT2D eigenvalue weighted by atomic mass is 10.2. The molecule has 0 N–H and O–H groups in total. The Bertz CT molecular complexity index is 432. The first-order valence-electron chi connectivity index (χ1n) is 5.34. The average molecular weight is 216 g/mol. The van der Waals surface area contributed by atoms with Gasteiger partial charge in [-0.15, -0.1) is 0 Å². The summed E-state index contributed by atoms with van der Waals surface area (Å²) in [6, 6.07) is 15.5. The molecule has 0 aliphatic carbocycles. The summed E-state index contributed by atoms with van der Waals surface area (Å²) in [5, 5.41) is 0. The minimum Gasteiger partial charge on any atom is -0.207 e. The van der Waals surface area contributed by atoms with E-state index in [4.69, 9.17) is 0 Å². The minimum absolute atomic E-state index is 0.116. The van der Waals surface area contributed by atoms with Gasteiger partial charge in [0.05, 0.1) is 0 Å². The molecule has 1 heteroatoms. The number of hydrogen-bond acceptors (Lipinski definition) is 0. The van der Waals surface area contributed by atoms with Crippen molar-refractivity contribution >= 4 is 0 Å². The molecule has 2 aromatic carbocycles. The quantitative estimate of drug-likeness (QED) is 0.610. The Hall–Kier alpha value is -1.63. The Labute approximate surface area is 96.8 Å². The number of hydrogen-bond donors (Lipinski definition) is 0. The lowest BCUT2D eigenvalue weighted by molar-refractivity contribution is 0.617. The van der Waals surface area contributed by atoms with Gasteiger partial charge in [-0.3, -0.25) is 0 Å². The van der Waals surface area contributed by atoms with Crippen LogP contribution in [-0.2, 0) is 0 Å². The van der Waals surface area contributed by atoms with Crippen molar-refractivity contribution in [3.8, 4) is 0 Å². The SMILES string of the molecule is Cc1ccc(C)c(F)c1.Cc1ccccc1. The van der Waals surface area contributed by atoms with Gasteiger partial charge in [-0.25, -0.2) is 4.39 Å². The summed E-state index contributed by atoms with van der Waals surface area (Å²) in [5.74, 6) is -0.116. The first kappa shape index (κ1) is 12.4. The van der Waals surface area contributed by atoms with Gasteiger partial charge in [-0.2, -0.15) is 0 Å². The molecule has 0 bridgehead atoms. The van der Waals surface area contributed by atoms with Crippen LogP contribution < -0.4 is 0 Å². The highest BCUT2D eigenvalue weighted by atomic mass is 19.1. The van der Waals surface area contributed by atoms with Crippen molar-refractivity contribution in [1.29, 1.82) is 0 Å². The van der Waals surface area contributed by atoms with E-state index in [0.717, 1.165) is 5.56 Å². The molecule has 84 valence electrons. The largest absolute Gasteiger partial charge is 0.207 e. The van der Waals surface area contributed by atoms with Gasteiger partial charge in [0, 0.05) is 0 Å². The van der Waals surface area contributed by atoms with Crippen LogP contribution in [0.15, 0.2) is 48.5 Å². The molecule has 0 unspecified atom stereocenters. The third-order valence-corrected chi connectivity index (χ3v) is 2.27. The Balaban J connectivity index is 0.000000165. The van der Waals surface area contributed by atoms with Crippen LogP contribution in [-0.4, -0.2) is 0 Å². The van der Waals surface area contributed by atoms with Crippen LogP contribution in [0.1, 0.15) is 16.7 Å². The molecular formula is C15H17F. The van der Waals surface area contributed by atoms with E-state index in [2.05, 4.69) is 19.1 Å². The molecule has 0 heterocycles. The van der Waals surface area contributed by atoms with Crippen LogP contribution in [0, 0.1) is 26.6 Å². The topological polar surface area (TPSA) is 0 Å². The normalized spacial score (nSPS) is 9.25. The number of aryl methyl sites for hydroxylation is 3. The maximum absolute atomic E-state index is 12.6. The first-order valence-corrected chi connectivity index (χ1v) is 5.34. The second kappa shape index (κ2) is 6.06. The van der Waals surface area contributed by atoms with E-state index in [0.29, 0.717) is 5.56 Å². The molecule has 0 saturated heterocycles. The van der Waals surface area contributed by atoms with Gasteiger partial charge in [0.1, 0.15) is 5.82 Å². The summed E-state index contributed by atoms with van der Waals surface area (Å²) in [6.45, 7) is 5.72. The highest BCUT2D eigenvalue weighted by Crippen LogP contribution is 2.06. The Morgan fingerprint density at radius 3 is 1.75 bits per heavy atom. The summed E-state index contributed by atoms with van der Waals surface area (Å²) in [7, 11) is 0. The molecule has 0 aliphatic heterocycles. The zero-order chi connectivity index (χ0) is 12.0. The molecule has 0 radical (unpaired) electrons. The summed E-state index contributed by atoms with van der Waals surface area (Å²) in [6.07, 6.45) is 0. The van der Waals surface area contributed by atoms with Gasteiger partial charge in [0.25, 0.3) is 0 Å². The average Bonchev–Trinajstić information content (AvgIpc) is 2.26. The summed E-state index contributed by atoms with van der Waals surface area (Å²) in [4.78, 5) is 0. The molecule has 0 aliphatic rings. The standard InChI is InChI=1S/C8H9F.C7H8/c1-6-3-4-7(2)8(9)5-6;1-7-5-3-2-4-6-7/h3-5H,1-2H3;2-6H,1H3. The Kier molecular flexibility index (Phi) is 4.71. The lowest BCUT2D eigenvalue weighted by Crippen LogP contribution is -1.81. The van der Waals surface area contributed by atoms with Gasteiger partial charge in [0.15, 0.2) is 0 Å². The minimum atomic E-state index is -0.116. The van der Waals surface area contributed by atoms with E-state index < -0.39 is 0 Å². The lowest BCUT2D eigenvalue weighted by Gasteiger charge is -1.94. The third kappa shape index (κ3) is 4.26. The van der Waals surface area contributed by atoms with Crippen molar-refractivity contribution in [3.05, 3.63) is 71.0 Å². The zero-order valence-corrected chi connectivity index (χ0v) is 10.00. The Morgan fingerprint density at radius 1 is 0.750 bits per heavy atom. The molecule has 0 spiro atoms. The molecule has 0 atom stereocenters. The van der Waals surface area contributed by atoms with Gasteiger partial charge in [0.2, 0.25) is 0 Å². The molecule has 2 rings (SSSR count). The number of benzene rings is 2. The second-order valence-corrected chi connectivity index (χ2v) is 3.91. The maximum atomic E-state index is 12.6. The fraction of sp³-hybridized carbons (Fsp3) is 0.200. The van der Waals surface area contributed by atoms with E-state index in [1.54, 1.807) is 13.0 Å². The molecule has 16 heavy (non-hydrogen) atoms. The van der Waals surface area contributed by atoms with Crippen LogP contribution >= 0.6 is 0 Å². The summed E-state index contributed by atoms with van der Waals surface area (Å²) in [5.41, 5.74) is 3.00. The van der Waals surface area contributed by atoms with Gasteiger partial charge in [-0.05, 0) is 38.0 Å². The maximum Gasteiger partial charge on any atom is 0.126 e. The van der Waals surface area contributed by atoms with E-state index in [-0.39, 0.29) is 5.82 Å². The van der Waals surface area contributed by atoms with Crippen LogP contribution in [0.2, 0.25) is 0 Å². The highest BCUT2D eigenvalue weighted by Gasteiger charge is 1.93. The fourth-order valence-corrected chi connectivity index (χ4v) is 1.23. The number of rotatable bonds is 0. The second-order valence-electron chi connectivity index (χ2n) is 3.91. The number of halogens is 1. The molecule has 0 saturated carbocycles. The molecule has 0 aromatic heterocycles. The molecule has 0 nitrogen and oxygen atoms in total. The smallest absolute Gasteiger partial charge is 0.126 e. The molecule has 0 amide bonds. The van der Waals surface area contributed by atoms with E-state index >= 15 is 0 Å².